The zero-order valence-electron chi connectivity index (χ0n) is 19.6. The van der Waals surface area contributed by atoms with E-state index in [1.807, 2.05) is 6.92 Å². The van der Waals surface area contributed by atoms with Crippen molar-refractivity contribution in [1.29, 1.82) is 0 Å². The summed E-state index contributed by atoms with van der Waals surface area (Å²) >= 11 is 0. The first-order valence-electron chi connectivity index (χ1n) is 11.2. The van der Waals surface area contributed by atoms with E-state index in [1.54, 1.807) is 12.3 Å². The number of carbonyl (C=O) groups is 1. The number of amidine groups is 1. The van der Waals surface area contributed by atoms with Gasteiger partial charge in [0.1, 0.15) is 23.7 Å². The van der Waals surface area contributed by atoms with Crippen LogP contribution in [-0.2, 0) is 4.74 Å². The summed E-state index contributed by atoms with van der Waals surface area (Å²) in [5.41, 5.74) is 6.53. The van der Waals surface area contributed by atoms with Crippen LogP contribution in [0, 0.1) is 17.0 Å². The summed E-state index contributed by atoms with van der Waals surface area (Å²) < 4.78 is 41.2. The molecule has 1 aliphatic rings. The number of fused-ring (bicyclic) bond motifs is 1. The van der Waals surface area contributed by atoms with Crippen molar-refractivity contribution in [1.82, 2.24) is 15.0 Å². The Hall–Kier alpha value is -4.58. The molecule has 0 spiro atoms. The van der Waals surface area contributed by atoms with E-state index in [9.17, 15) is 9.90 Å². The van der Waals surface area contributed by atoms with Crippen molar-refractivity contribution in [3.05, 3.63) is 66.3 Å². The van der Waals surface area contributed by atoms with Crippen LogP contribution in [0.1, 0.15) is 17.4 Å². The standard InChI is InChI=1S/C25H22F2N6O4/c1-25(11-34)10-32-24(36-12-25)33-14-7-16(26)21(17(27)8-14)37-19-3-5-30-23-20(19)15(9-31-23)13-2-4-29-18(6-13)22(28)35/h2-9,34H,10-12H2,1H3,(H2,28,35)(H,30,31)(H,32,33). The molecular formula is C25H22F2N6O4. The van der Waals surface area contributed by atoms with Crippen molar-refractivity contribution in [2.45, 2.75) is 6.92 Å². The SMILES string of the molecule is CC1(CO)CN=C(Nc2cc(F)c(Oc3ccnc4[nH]cc(-c5ccnc(C(N)=O)c5)c34)c(F)c2)OC1. The number of amides is 1. The van der Waals surface area contributed by atoms with Gasteiger partial charge >= 0.3 is 0 Å². The Morgan fingerprint density at radius 2 is 2.00 bits per heavy atom. The summed E-state index contributed by atoms with van der Waals surface area (Å²) in [6, 6.07) is 6.85. The van der Waals surface area contributed by atoms with Crippen LogP contribution in [0.3, 0.4) is 0 Å². The van der Waals surface area contributed by atoms with Crippen LogP contribution in [-0.4, -0.2) is 51.7 Å². The molecular weight excluding hydrogens is 486 g/mol. The number of hydrogen-bond acceptors (Lipinski definition) is 8. The number of aromatic nitrogens is 3. The Labute approximate surface area is 209 Å². The summed E-state index contributed by atoms with van der Waals surface area (Å²) in [5.74, 6) is -3.08. The Bertz CT molecular complexity index is 1520. The molecule has 37 heavy (non-hydrogen) atoms. The number of aliphatic hydroxyl groups is 1. The quantitative estimate of drug-likeness (QED) is 0.311. The number of rotatable bonds is 6. The molecule has 1 aromatic carbocycles. The topological polar surface area (TPSA) is 148 Å². The van der Waals surface area contributed by atoms with Crippen molar-refractivity contribution < 1.29 is 28.2 Å². The molecule has 1 amide bonds. The normalized spacial score (nSPS) is 17.2. The Morgan fingerprint density at radius 1 is 1.24 bits per heavy atom. The van der Waals surface area contributed by atoms with Crippen LogP contribution in [0.2, 0.25) is 0 Å². The third kappa shape index (κ3) is 4.78. The van der Waals surface area contributed by atoms with E-state index in [-0.39, 0.29) is 36.4 Å². The van der Waals surface area contributed by atoms with Gasteiger partial charge in [-0.2, -0.15) is 0 Å². The lowest BCUT2D eigenvalue weighted by Crippen LogP contribution is -2.38. The van der Waals surface area contributed by atoms with Crippen LogP contribution in [0.5, 0.6) is 11.5 Å². The number of halogens is 2. The second-order valence-corrected chi connectivity index (χ2v) is 8.90. The molecule has 3 aromatic heterocycles. The van der Waals surface area contributed by atoms with Gasteiger partial charge in [0.15, 0.2) is 17.4 Å². The van der Waals surface area contributed by atoms with Crippen LogP contribution >= 0.6 is 0 Å². The zero-order valence-corrected chi connectivity index (χ0v) is 19.6. The minimum atomic E-state index is -0.957. The predicted molar refractivity (Wildman–Crippen MR) is 131 cm³/mol. The Kier molecular flexibility index (Phi) is 6.17. The van der Waals surface area contributed by atoms with Gasteiger partial charge in [0.25, 0.3) is 11.9 Å². The first-order chi connectivity index (χ1) is 17.8. The van der Waals surface area contributed by atoms with Crippen molar-refractivity contribution in [3.63, 3.8) is 0 Å². The number of benzene rings is 1. The lowest BCUT2D eigenvalue weighted by atomic mass is 9.93. The fourth-order valence-corrected chi connectivity index (χ4v) is 3.80. The molecule has 4 heterocycles. The molecule has 0 saturated carbocycles. The van der Waals surface area contributed by atoms with Gasteiger partial charge in [-0.15, -0.1) is 0 Å². The summed E-state index contributed by atoms with van der Waals surface area (Å²) in [4.78, 5) is 26.9. The van der Waals surface area contributed by atoms with Crippen LogP contribution in [0.15, 0.2) is 53.9 Å². The molecule has 10 nitrogen and oxygen atoms in total. The van der Waals surface area contributed by atoms with Gasteiger partial charge in [0.2, 0.25) is 0 Å². The van der Waals surface area contributed by atoms with Gasteiger partial charge in [-0.3, -0.25) is 9.78 Å². The molecule has 4 aromatic rings. The second kappa shape index (κ2) is 9.47. The molecule has 1 aliphatic heterocycles. The Morgan fingerprint density at radius 3 is 2.68 bits per heavy atom. The lowest BCUT2D eigenvalue weighted by molar-refractivity contribution is 0.0706. The second-order valence-electron chi connectivity index (χ2n) is 8.90. The number of hydrogen-bond donors (Lipinski definition) is 4. The highest BCUT2D eigenvalue weighted by molar-refractivity contribution is 5.99. The molecule has 190 valence electrons. The van der Waals surface area contributed by atoms with Gasteiger partial charge < -0.3 is 30.6 Å². The number of pyridine rings is 2. The number of H-pyrrole nitrogens is 1. The fourth-order valence-electron chi connectivity index (χ4n) is 3.80. The number of ether oxygens (including phenoxy) is 2. The van der Waals surface area contributed by atoms with E-state index in [2.05, 4.69) is 25.3 Å². The predicted octanol–water partition coefficient (Wildman–Crippen LogP) is 3.59. The van der Waals surface area contributed by atoms with Gasteiger partial charge in [0, 0.05) is 47.4 Å². The van der Waals surface area contributed by atoms with Crippen molar-refractivity contribution in [3.8, 4) is 22.6 Å². The molecule has 1 atom stereocenters. The fraction of sp³-hybridized carbons (Fsp3) is 0.200. The van der Waals surface area contributed by atoms with Crippen molar-refractivity contribution in [2.75, 3.05) is 25.1 Å². The molecule has 1 unspecified atom stereocenters. The highest BCUT2D eigenvalue weighted by Gasteiger charge is 2.29. The van der Waals surface area contributed by atoms with E-state index in [1.165, 1.54) is 24.5 Å². The molecule has 0 bridgehead atoms. The van der Waals surface area contributed by atoms with Gasteiger partial charge in [-0.1, -0.05) is 6.92 Å². The summed E-state index contributed by atoms with van der Waals surface area (Å²) in [5, 5.41) is 12.6. The molecule has 5 N–H and O–H groups in total. The number of primary amides is 1. The molecule has 0 fully saturated rings. The summed E-state index contributed by atoms with van der Waals surface area (Å²) in [6.07, 6.45) is 4.50. The monoisotopic (exact) mass is 508 g/mol. The van der Waals surface area contributed by atoms with Gasteiger partial charge in [-0.25, -0.2) is 18.8 Å². The highest BCUT2D eigenvalue weighted by atomic mass is 19.1. The van der Waals surface area contributed by atoms with Crippen LogP contribution in [0.25, 0.3) is 22.2 Å². The minimum absolute atomic E-state index is 0.0610. The summed E-state index contributed by atoms with van der Waals surface area (Å²) in [7, 11) is 0. The third-order valence-electron chi connectivity index (χ3n) is 5.86. The van der Waals surface area contributed by atoms with E-state index in [4.69, 9.17) is 15.2 Å². The minimum Gasteiger partial charge on any atom is -0.464 e. The van der Waals surface area contributed by atoms with Gasteiger partial charge in [-0.05, 0) is 23.8 Å². The van der Waals surface area contributed by atoms with E-state index in [0.29, 0.717) is 28.7 Å². The molecule has 0 aliphatic carbocycles. The molecule has 0 radical (unpaired) electrons. The molecule has 0 saturated heterocycles. The average Bonchev–Trinajstić information content (AvgIpc) is 3.33. The van der Waals surface area contributed by atoms with Crippen molar-refractivity contribution in [2.24, 2.45) is 16.1 Å². The number of carbonyl (C=O) groups excluding carboxylic acids is 1. The maximum atomic E-state index is 15.0. The zero-order chi connectivity index (χ0) is 26.2. The van der Waals surface area contributed by atoms with E-state index < -0.39 is 28.7 Å². The van der Waals surface area contributed by atoms with Crippen LogP contribution in [0.4, 0.5) is 14.5 Å². The highest BCUT2D eigenvalue weighted by Crippen LogP contribution is 2.38. The summed E-state index contributed by atoms with van der Waals surface area (Å²) in [6.45, 7) is 2.22. The number of nitrogens with two attached hydrogens (primary N) is 1. The number of nitrogens with one attached hydrogen (secondary N) is 2. The largest absolute Gasteiger partial charge is 0.464 e. The van der Waals surface area contributed by atoms with Crippen molar-refractivity contribution >= 4 is 28.6 Å². The average molecular weight is 508 g/mol. The number of nitrogens with zero attached hydrogens (tertiary/aromatic N) is 3. The third-order valence-corrected chi connectivity index (χ3v) is 5.86. The molecule has 12 heteroatoms. The van der Waals surface area contributed by atoms with Crippen LogP contribution < -0.4 is 15.8 Å². The maximum Gasteiger partial charge on any atom is 0.289 e. The van der Waals surface area contributed by atoms with Gasteiger partial charge in [0.05, 0.1) is 18.5 Å². The van der Waals surface area contributed by atoms with E-state index in [0.717, 1.165) is 12.1 Å². The number of aliphatic hydroxyl groups excluding tert-OH is 1. The smallest absolute Gasteiger partial charge is 0.289 e. The first kappa shape index (κ1) is 24.1. The lowest BCUT2D eigenvalue weighted by Gasteiger charge is -2.30. The number of aliphatic imine (C=N–C) groups is 1. The first-order valence-corrected chi connectivity index (χ1v) is 11.2. The Balaban J connectivity index is 1.45. The maximum absolute atomic E-state index is 15.0. The number of aromatic amines is 1. The molecule has 5 rings (SSSR count). The van der Waals surface area contributed by atoms with E-state index >= 15 is 8.78 Å². The number of anilines is 1.